The molecule has 1 aliphatic rings. The lowest BCUT2D eigenvalue weighted by atomic mass is 10.1. The van der Waals surface area contributed by atoms with E-state index in [-0.39, 0.29) is 5.91 Å². The zero-order chi connectivity index (χ0) is 24.6. The SMILES string of the molecule is COc1ccc(OCCCN(C)CCOc2ccccc2)c([C@H]2Sc3ccccc3N(C)C2=O)c1. The molecule has 35 heavy (non-hydrogen) atoms. The van der Waals surface area contributed by atoms with Gasteiger partial charge in [0.05, 0.1) is 19.4 Å². The van der Waals surface area contributed by atoms with Crippen LogP contribution >= 0.6 is 11.8 Å². The lowest BCUT2D eigenvalue weighted by molar-refractivity contribution is -0.118. The largest absolute Gasteiger partial charge is 0.497 e. The van der Waals surface area contributed by atoms with Crippen molar-refractivity contribution in [2.75, 3.05) is 52.4 Å². The van der Waals surface area contributed by atoms with Gasteiger partial charge in [0.15, 0.2) is 0 Å². The van der Waals surface area contributed by atoms with Crippen LogP contribution in [0.25, 0.3) is 0 Å². The van der Waals surface area contributed by atoms with Gasteiger partial charge in [0.2, 0.25) is 5.91 Å². The van der Waals surface area contributed by atoms with Crippen molar-refractivity contribution in [3.05, 3.63) is 78.4 Å². The van der Waals surface area contributed by atoms with E-state index in [2.05, 4.69) is 11.9 Å². The Bertz CT molecular complexity index is 1120. The van der Waals surface area contributed by atoms with Crippen LogP contribution < -0.4 is 19.1 Å². The molecule has 0 radical (unpaired) electrons. The second-order valence-corrected chi connectivity index (χ2v) is 9.58. The molecule has 7 heteroatoms. The van der Waals surface area contributed by atoms with Crippen LogP contribution in [0.5, 0.6) is 17.2 Å². The van der Waals surface area contributed by atoms with Crippen molar-refractivity contribution < 1.29 is 19.0 Å². The average molecular weight is 493 g/mol. The Kier molecular flexibility index (Phi) is 8.55. The van der Waals surface area contributed by atoms with Gasteiger partial charge >= 0.3 is 0 Å². The van der Waals surface area contributed by atoms with Crippen LogP contribution in [-0.2, 0) is 4.79 Å². The van der Waals surface area contributed by atoms with E-state index in [9.17, 15) is 4.79 Å². The fourth-order valence-corrected chi connectivity index (χ4v) is 5.26. The highest BCUT2D eigenvalue weighted by atomic mass is 32.2. The van der Waals surface area contributed by atoms with Gasteiger partial charge in [0.25, 0.3) is 0 Å². The minimum absolute atomic E-state index is 0.0324. The van der Waals surface area contributed by atoms with E-state index in [1.807, 2.05) is 79.8 Å². The Morgan fingerprint density at radius 2 is 1.69 bits per heavy atom. The highest BCUT2D eigenvalue weighted by Crippen LogP contribution is 2.48. The molecule has 6 nitrogen and oxygen atoms in total. The van der Waals surface area contributed by atoms with Gasteiger partial charge in [0.1, 0.15) is 29.1 Å². The third-order valence-corrected chi connectivity index (χ3v) is 7.24. The number of carbonyl (C=O) groups excluding carboxylic acids is 1. The van der Waals surface area contributed by atoms with Gasteiger partial charge in [-0.25, -0.2) is 0 Å². The molecule has 0 aliphatic carbocycles. The summed E-state index contributed by atoms with van der Waals surface area (Å²) in [4.78, 5) is 18.3. The molecule has 3 aromatic carbocycles. The van der Waals surface area contributed by atoms with Crippen molar-refractivity contribution in [1.82, 2.24) is 4.90 Å². The molecule has 0 saturated carbocycles. The summed E-state index contributed by atoms with van der Waals surface area (Å²) in [6.07, 6.45) is 0.863. The summed E-state index contributed by atoms with van der Waals surface area (Å²) in [5, 5.41) is -0.391. The maximum absolute atomic E-state index is 13.3. The minimum atomic E-state index is -0.391. The van der Waals surface area contributed by atoms with Crippen molar-refractivity contribution in [3.8, 4) is 17.2 Å². The first kappa shape index (κ1) is 24.9. The van der Waals surface area contributed by atoms with Gasteiger partial charge in [-0.1, -0.05) is 30.3 Å². The Morgan fingerprint density at radius 1 is 0.914 bits per heavy atom. The highest BCUT2D eigenvalue weighted by Gasteiger charge is 2.34. The molecule has 0 unspecified atom stereocenters. The van der Waals surface area contributed by atoms with Crippen LogP contribution in [0, 0.1) is 0 Å². The predicted molar refractivity (Wildman–Crippen MR) is 141 cm³/mol. The Balaban J connectivity index is 1.34. The number of hydrogen-bond acceptors (Lipinski definition) is 6. The maximum atomic E-state index is 13.3. The molecule has 1 aliphatic heterocycles. The summed E-state index contributed by atoms with van der Waals surface area (Å²) in [5.41, 5.74) is 1.77. The van der Waals surface area contributed by atoms with Crippen LogP contribution in [0.1, 0.15) is 17.2 Å². The molecule has 0 aromatic heterocycles. The number of likely N-dealkylation sites (N-methyl/N-ethyl adjacent to an activating group) is 2. The number of amides is 1. The normalized spacial score (nSPS) is 15.1. The lowest BCUT2D eigenvalue weighted by Gasteiger charge is -2.32. The summed E-state index contributed by atoms with van der Waals surface area (Å²) in [6.45, 7) is 2.92. The van der Waals surface area contributed by atoms with Crippen LogP contribution in [0.2, 0.25) is 0 Å². The van der Waals surface area contributed by atoms with Crippen LogP contribution in [0.15, 0.2) is 77.7 Å². The molecule has 0 fully saturated rings. The van der Waals surface area contributed by atoms with Crippen LogP contribution in [-0.4, -0.2) is 58.3 Å². The quantitative estimate of drug-likeness (QED) is 0.339. The van der Waals surface area contributed by atoms with E-state index in [1.54, 1.807) is 23.8 Å². The van der Waals surface area contributed by atoms with Crippen LogP contribution in [0.3, 0.4) is 0 Å². The number of benzene rings is 3. The number of thioether (sulfide) groups is 1. The number of carbonyl (C=O) groups is 1. The lowest BCUT2D eigenvalue weighted by Crippen LogP contribution is -2.33. The van der Waals surface area contributed by atoms with E-state index in [1.165, 1.54) is 0 Å². The fraction of sp³-hybridized carbons (Fsp3) is 0.321. The van der Waals surface area contributed by atoms with E-state index >= 15 is 0 Å². The van der Waals surface area contributed by atoms with Gasteiger partial charge in [0, 0.05) is 30.6 Å². The molecule has 0 spiro atoms. The fourth-order valence-electron chi connectivity index (χ4n) is 3.96. The number of ether oxygens (including phenoxy) is 3. The van der Waals surface area contributed by atoms with E-state index in [4.69, 9.17) is 14.2 Å². The molecular weight excluding hydrogens is 460 g/mol. The third kappa shape index (κ3) is 6.29. The van der Waals surface area contributed by atoms with E-state index in [0.717, 1.165) is 47.2 Å². The molecule has 0 saturated heterocycles. The second kappa shape index (κ2) is 12.0. The van der Waals surface area contributed by atoms with Gasteiger partial charge < -0.3 is 24.0 Å². The number of fused-ring (bicyclic) bond motifs is 1. The summed E-state index contributed by atoms with van der Waals surface area (Å²) in [7, 11) is 5.54. The summed E-state index contributed by atoms with van der Waals surface area (Å²) in [5.74, 6) is 2.35. The first-order valence-corrected chi connectivity index (χ1v) is 12.6. The van der Waals surface area contributed by atoms with E-state index in [0.29, 0.717) is 19.0 Å². The van der Waals surface area contributed by atoms with Crippen molar-refractivity contribution in [3.63, 3.8) is 0 Å². The Morgan fingerprint density at radius 3 is 2.49 bits per heavy atom. The maximum Gasteiger partial charge on any atom is 0.244 e. The molecule has 0 bridgehead atoms. The minimum Gasteiger partial charge on any atom is -0.497 e. The first-order valence-electron chi connectivity index (χ1n) is 11.8. The molecular formula is C28H32N2O4S. The number of hydrogen-bond donors (Lipinski definition) is 0. The summed E-state index contributed by atoms with van der Waals surface area (Å²) in [6, 6.07) is 23.5. The van der Waals surface area contributed by atoms with Gasteiger partial charge in [-0.3, -0.25) is 4.79 Å². The predicted octanol–water partition coefficient (Wildman–Crippen LogP) is 5.28. The topological polar surface area (TPSA) is 51.2 Å². The highest BCUT2D eigenvalue weighted by molar-refractivity contribution is 8.00. The Labute approximate surface area is 211 Å². The summed E-state index contributed by atoms with van der Waals surface area (Å²) < 4.78 is 17.4. The number of anilines is 1. The van der Waals surface area contributed by atoms with Crippen molar-refractivity contribution in [2.45, 2.75) is 16.6 Å². The number of para-hydroxylation sites is 2. The second-order valence-electron chi connectivity index (χ2n) is 8.43. The zero-order valence-corrected chi connectivity index (χ0v) is 21.3. The zero-order valence-electron chi connectivity index (χ0n) is 20.5. The monoisotopic (exact) mass is 492 g/mol. The first-order chi connectivity index (χ1) is 17.1. The average Bonchev–Trinajstić information content (AvgIpc) is 2.89. The van der Waals surface area contributed by atoms with E-state index < -0.39 is 5.25 Å². The molecule has 3 aromatic rings. The van der Waals surface area contributed by atoms with Gasteiger partial charge in [-0.15, -0.1) is 11.8 Å². The van der Waals surface area contributed by atoms with Gasteiger partial charge in [-0.2, -0.15) is 0 Å². The van der Waals surface area contributed by atoms with Crippen molar-refractivity contribution in [1.29, 1.82) is 0 Å². The molecule has 0 N–H and O–H groups in total. The number of methoxy groups -OCH3 is 1. The van der Waals surface area contributed by atoms with Crippen LogP contribution in [0.4, 0.5) is 5.69 Å². The molecule has 1 atom stereocenters. The smallest absolute Gasteiger partial charge is 0.244 e. The summed E-state index contributed by atoms with van der Waals surface area (Å²) >= 11 is 1.56. The third-order valence-electron chi connectivity index (χ3n) is 5.95. The molecule has 1 heterocycles. The molecule has 4 rings (SSSR count). The number of rotatable bonds is 11. The number of nitrogens with zero attached hydrogens (tertiary/aromatic N) is 2. The standard InChI is InChI=1S/C28H32N2O4S/c1-29(17-19-33-21-10-5-4-6-11-21)16-9-18-34-25-15-14-22(32-3)20-23(25)27-28(31)30(2)24-12-7-8-13-26(24)35-27/h4-8,10-15,20,27H,9,16-19H2,1-3H3/t27-/m1/s1. The van der Waals surface area contributed by atoms with Crippen molar-refractivity contribution in [2.24, 2.45) is 0 Å². The molecule has 1 amide bonds. The molecule has 184 valence electrons. The Hall–Kier alpha value is -3.16. The van der Waals surface area contributed by atoms with Crippen molar-refractivity contribution >= 4 is 23.4 Å². The van der Waals surface area contributed by atoms with Gasteiger partial charge in [-0.05, 0) is 55.9 Å².